The number of benzene rings is 2. The molecule has 2 aromatic carbocycles. The summed E-state index contributed by atoms with van der Waals surface area (Å²) in [6, 6.07) is 6.78. The highest BCUT2D eigenvalue weighted by atomic mass is 19.4. The van der Waals surface area contributed by atoms with Gasteiger partial charge in [-0.15, -0.1) is 0 Å². The molecule has 0 radical (unpaired) electrons. The van der Waals surface area contributed by atoms with Crippen LogP contribution in [0.25, 0.3) is 11.1 Å². The molecule has 0 spiro atoms. The molecule has 2 aromatic rings. The Morgan fingerprint density at radius 1 is 0.750 bits per heavy atom. The van der Waals surface area contributed by atoms with Crippen molar-refractivity contribution in [2.45, 2.75) is 44.7 Å². The third kappa shape index (κ3) is 12.0. The molecule has 0 aromatic heterocycles. The minimum absolute atomic E-state index is 0.0501. The van der Waals surface area contributed by atoms with Gasteiger partial charge in [0.1, 0.15) is 26.4 Å². The van der Waals surface area contributed by atoms with E-state index < -0.39 is 49.4 Å². The average molecular weight is 631 g/mol. The van der Waals surface area contributed by atoms with Gasteiger partial charge in [-0.05, 0) is 54.2 Å². The summed E-state index contributed by atoms with van der Waals surface area (Å²) in [6.45, 7) is 4.62. The van der Waals surface area contributed by atoms with Crippen LogP contribution in [-0.2, 0) is 25.5 Å². The Morgan fingerprint density at radius 3 is 1.84 bits per heavy atom. The van der Waals surface area contributed by atoms with Crippen molar-refractivity contribution in [1.82, 2.24) is 0 Å². The minimum atomic E-state index is -4.25. The highest BCUT2D eigenvalue weighted by molar-refractivity contribution is 5.88. The first-order valence-electron chi connectivity index (χ1n) is 13.7. The summed E-state index contributed by atoms with van der Waals surface area (Å²) >= 11 is 0. The Kier molecular flexibility index (Phi) is 14.8. The van der Waals surface area contributed by atoms with E-state index in [1.54, 1.807) is 0 Å². The second-order valence-electron chi connectivity index (χ2n) is 9.57. The van der Waals surface area contributed by atoms with Gasteiger partial charge >= 0.3 is 18.1 Å². The number of hydrogen-bond donors (Lipinski definition) is 2. The van der Waals surface area contributed by atoms with Crippen molar-refractivity contribution in [2.24, 2.45) is 0 Å². The van der Waals surface area contributed by atoms with E-state index in [4.69, 9.17) is 29.2 Å². The molecule has 13 heteroatoms. The third-order valence-corrected chi connectivity index (χ3v) is 6.19. The Labute approximate surface area is 251 Å². The Balaban J connectivity index is 2.15. The molecule has 0 atom stereocenters. The standard InChI is InChI=1S/C31H35F5O8/c1-20(18-37)29(39)43-15-13-41-26-10-8-22(17-25(26)32)23-9-11-27(42-14-16-44-30(40)21(2)19-38)28(33)24(23)7-5-3-4-6-12-31(34,35)36/h8-11,17,37-38H,1-7,12-16,18-19H2. The lowest BCUT2D eigenvalue weighted by Crippen LogP contribution is -2.15. The molecule has 8 nitrogen and oxygen atoms in total. The fourth-order valence-electron chi connectivity index (χ4n) is 3.90. The van der Waals surface area contributed by atoms with Crippen molar-refractivity contribution in [3.05, 3.63) is 71.8 Å². The zero-order valence-corrected chi connectivity index (χ0v) is 24.0. The molecule has 0 aliphatic carbocycles. The maximum Gasteiger partial charge on any atom is 0.389 e. The molecule has 0 aliphatic rings. The first-order valence-corrected chi connectivity index (χ1v) is 13.7. The van der Waals surface area contributed by atoms with E-state index in [1.165, 1.54) is 24.3 Å². The monoisotopic (exact) mass is 630 g/mol. The molecular formula is C31H35F5O8. The molecule has 2 N–H and O–H groups in total. The van der Waals surface area contributed by atoms with Crippen molar-refractivity contribution >= 4 is 11.9 Å². The third-order valence-electron chi connectivity index (χ3n) is 6.19. The molecule has 242 valence electrons. The number of carbonyl (C=O) groups excluding carboxylic acids is 2. The van der Waals surface area contributed by atoms with Crippen molar-refractivity contribution in [3.63, 3.8) is 0 Å². The van der Waals surface area contributed by atoms with Crippen LogP contribution in [0.5, 0.6) is 11.5 Å². The van der Waals surface area contributed by atoms with E-state index in [2.05, 4.69) is 13.2 Å². The second-order valence-corrected chi connectivity index (χ2v) is 9.57. The van der Waals surface area contributed by atoms with Gasteiger partial charge in [0.05, 0.1) is 24.4 Å². The zero-order chi connectivity index (χ0) is 32.7. The highest BCUT2D eigenvalue weighted by Gasteiger charge is 2.26. The van der Waals surface area contributed by atoms with Crippen LogP contribution >= 0.6 is 0 Å². The van der Waals surface area contributed by atoms with Gasteiger partial charge in [0.15, 0.2) is 23.1 Å². The van der Waals surface area contributed by atoms with Crippen LogP contribution in [-0.4, -0.2) is 68.0 Å². The van der Waals surface area contributed by atoms with E-state index in [1.807, 2.05) is 0 Å². The number of ether oxygens (including phenoxy) is 4. The van der Waals surface area contributed by atoms with Crippen molar-refractivity contribution in [2.75, 3.05) is 39.6 Å². The zero-order valence-electron chi connectivity index (χ0n) is 24.0. The van der Waals surface area contributed by atoms with Gasteiger partial charge in [-0.1, -0.05) is 38.1 Å². The van der Waals surface area contributed by atoms with Crippen molar-refractivity contribution in [1.29, 1.82) is 0 Å². The normalized spacial score (nSPS) is 11.2. The van der Waals surface area contributed by atoms with Gasteiger partial charge in [-0.25, -0.2) is 18.4 Å². The summed E-state index contributed by atoms with van der Waals surface area (Å²) in [5.41, 5.74) is 0.490. The fourth-order valence-corrected chi connectivity index (χ4v) is 3.90. The van der Waals surface area contributed by atoms with E-state index in [-0.39, 0.29) is 67.5 Å². The molecular weight excluding hydrogens is 595 g/mol. The van der Waals surface area contributed by atoms with E-state index in [0.29, 0.717) is 30.4 Å². The number of hydrogen-bond acceptors (Lipinski definition) is 8. The van der Waals surface area contributed by atoms with Gasteiger partial charge in [-0.3, -0.25) is 0 Å². The molecule has 0 bridgehead atoms. The Hall–Kier alpha value is -3.97. The lowest BCUT2D eigenvalue weighted by molar-refractivity contribution is -0.141. The van der Waals surface area contributed by atoms with E-state index >= 15 is 4.39 Å². The number of unbranched alkanes of at least 4 members (excludes halogenated alkanes) is 3. The Morgan fingerprint density at radius 2 is 1.30 bits per heavy atom. The first kappa shape index (κ1) is 36.2. The summed E-state index contributed by atoms with van der Waals surface area (Å²) in [5, 5.41) is 17.8. The lowest BCUT2D eigenvalue weighted by atomic mass is 9.94. The number of halogens is 5. The summed E-state index contributed by atoms with van der Waals surface area (Å²) < 4.78 is 88.3. The molecule has 0 saturated heterocycles. The topological polar surface area (TPSA) is 112 Å². The maximum atomic E-state index is 15.6. The smallest absolute Gasteiger partial charge is 0.389 e. The molecule has 44 heavy (non-hydrogen) atoms. The van der Waals surface area contributed by atoms with Crippen LogP contribution in [0.15, 0.2) is 54.6 Å². The number of esters is 2. The van der Waals surface area contributed by atoms with E-state index in [0.717, 1.165) is 6.07 Å². The summed E-state index contributed by atoms with van der Waals surface area (Å²) in [4.78, 5) is 23.1. The maximum absolute atomic E-state index is 15.6. The number of rotatable bonds is 19. The van der Waals surface area contributed by atoms with E-state index in [9.17, 15) is 27.2 Å². The average Bonchev–Trinajstić information content (AvgIpc) is 2.99. The number of aliphatic hydroxyl groups is 2. The van der Waals surface area contributed by atoms with Gasteiger partial charge in [-0.2, -0.15) is 13.2 Å². The Bertz CT molecular complexity index is 1290. The number of alkyl halides is 3. The van der Waals surface area contributed by atoms with Crippen molar-refractivity contribution < 1.29 is 60.7 Å². The number of carbonyl (C=O) groups is 2. The predicted octanol–water partition coefficient (Wildman–Crippen LogP) is 5.63. The summed E-state index contributed by atoms with van der Waals surface area (Å²) in [7, 11) is 0. The van der Waals surface area contributed by atoms with Gasteiger partial charge in [0.25, 0.3) is 0 Å². The van der Waals surface area contributed by atoms with Crippen LogP contribution in [0.1, 0.15) is 37.7 Å². The van der Waals surface area contributed by atoms with Crippen LogP contribution in [0, 0.1) is 11.6 Å². The highest BCUT2D eigenvalue weighted by Crippen LogP contribution is 2.34. The van der Waals surface area contributed by atoms with Crippen LogP contribution in [0.3, 0.4) is 0 Å². The lowest BCUT2D eigenvalue weighted by Gasteiger charge is -2.16. The molecule has 0 unspecified atom stereocenters. The second kappa shape index (κ2) is 18.0. The molecule has 0 saturated carbocycles. The first-order chi connectivity index (χ1) is 20.9. The quantitative estimate of drug-likeness (QED) is 0.0890. The van der Waals surface area contributed by atoms with Gasteiger partial charge in [0.2, 0.25) is 0 Å². The molecule has 2 rings (SSSR count). The molecule has 0 heterocycles. The van der Waals surface area contributed by atoms with Crippen molar-refractivity contribution in [3.8, 4) is 22.6 Å². The summed E-state index contributed by atoms with van der Waals surface area (Å²) in [5.74, 6) is -3.51. The number of aliphatic hydroxyl groups excluding tert-OH is 2. The van der Waals surface area contributed by atoms with Crippen LogP contribution in [0.2, 0.25) is 0 Å². The molecule has 0 amide bonds. The SMILES string of the molecule is C=C(CO)C(=O)OCCOc1ccc(-c2ccc(OCCOC(=O)C(=C)CO)c(F)c2CCCCCCC(F)(F)F)cc1F. The van der Waals surface area contributed by atoms with Gasteiger partial charge < -0.3 is 29.2 Å². The minimum Gasteiger partial charge on any atom is -0.487 e. The fraction of sp³-hybridized carbons (Fsp3) is 0.419. The molecule has 0 aliphatic heterocycles. The molecule has 0 fully saturated rings. The van der Waals surface area contributed by atoms with Crippen LogP contribution in [0.4, 0.5) is 22.0 Å². The largest absolute Gasteiger partial charge is 0.487 e. The van der Waals surface area contributed by atoms with Gasteiger partial charge in [0, 0.05) is 6.42 Å². The van der Waals surface area contributed by atoms with Crippen LogP contribution < -0.4 is 9.47 Å². The summed E-state index contributed by atoms with van der Waals surface area (Å²) in [6.07, 6.45) is -4.02. The predicted molar refractivity (Wildman–Crippen MR) is 150 cm³/mol.